The van der Waals surface area contributed by atoms with Gasteiger partial charge >= 0.3 is 0 Å². The summed E-state index contributed by atoms with van der Waals surface area (Å²) < 4.78 is 11.0. The molecule has 1 heterocycles. The smallest absolute Gasteiger partial charge is 0.254 e. The Balaban J connectivity index is 2.14. The zero-order valence-corrected chi connectivity index (χ0v) is 12.6. The van der Waals surface area contributed by atoms with E-state index in [-0.39, 0.29) is 12.0 Å². The average molecular weight is 288 g/mol. The summed E-state index contributed by atoms with van der Waals surface area (Å²) in [5, 5.41) is 8.80. The van der Waals surface area contributed by atoms with Gasteiger partial charge in [0.05, 0.1) is 29.9 Å². The number of rotatable bonds is 3. The minimum atomic E-state index is -0.399. The lowest BCUT2D eigenvalue weighted by atomic mass is 10.0. The predicted octanol–water partition coefficient (Wildman–Crippen LogP) is 1.82. The van der Waals surface area contributed by atoms with E-state index in [1.54, 1.807) is 36.3 Å². The maximum Gasteiger partial charge on any atom is 0.254 e. The van der Waals surface area contributed by atoms with E-state index in [1.807, 2.05) is 19.9 Å². The molecule has 1 amide bonds. The van der Waals surface area contributed by atoms with Gasteiger partial charge in [0.2, 0.25) is 0 Å². The molecule has 1 atom stereocenters. The van der Waals surface area contributed by atoms with Crippen LogP contribution >= 0.6 is 0 Å². The number of amides is 1. The summed E-state index contributed by atoms with van der Waals surface area (Å²) in [5.41, 5.74) is 0.734. The van der Waals surface area contributed by atoms with Crippen LogP contribution in [0.1, 0.15) is 29.8 Å². The minimum Gasteiger partial charge on any atom is -0.382 e. The molecule has 0 N–H and O–H groups in total. The summed E-state index contributed by atoms with van der Waals surface area (Å²) >= 11 is 0. The third-order valence-corrected chi connectivity index (χ3v) is 3.38. The molecule has 0 bridgehead atoms. The lowest BCUT2D eigenvalue weighted by Crippen LogP contribution is -2.55. The van der Waals surface area contributed by atoms with Crippen molar-refractivity contribution in [3.8, 4) is 6.07 Å². The molecule has 1 saturated heterocycles. The maximum atomic E-state index is 12.6. The molecule has 5 nitrogen and oxygen atoms in total. The van der Waals surface area contributed by atoms with E-state index >= 15 is 0 Å². The van der Waals surface area contributed by atoms with Gasteiger partial charge in [0.1, 0.15) is 0 Å². The van der Waals surface area contributed by atoms with Gasteiger partial charge in [-0.3, -0.25) is 4.79 Å². The van der Waals surface area contributed by atoms with Gasteiger partial charge in [-0.05, 0) is 38.1 Å². The molecule has 112 valence electrons. The number of nitrogens with zero attached hydrogens (tertiary/aromatic N) is 2. The highest BCUT2D eigenvalue weighted by Crippen LogP contribution is 2.22. The highest BCUT2D eigenvalue weighted by Gasteiger charge is 2.35. The Morgan fingerprint density at radius 1 is 1.48 bits per heavy atom. The highest BCUT2D eigenvalue weighted by molar-refractivity contribution is 5.94. The molecule has 0 spiro atoms. The molecule has 0 saturated carbocycles. The van der Waals surface area contributed by atoms with Crippen LogP contribution in [-0.2, 0) is 9.47 Å². The van der Waals surface area contributed by atoms with Gasteiger partial charge in [0.15, 0.2) is 0 Å². The average Bonchev–Trinajstić information content (AvgIpc) is 2.45. The van der Waals surface area contributed by atoms with Gasteiger partial charge < -0.3 is 14.4 Å². The molecule has 1 aliphatic heterocycles. The SMILES string of the molecule is COCC1CN(C(=O)c2ccc(C#N)cc2)CC(C)(C)O1. The number of hydrogen-bond donors (Lipinski definition) is 0. The fourth-order valence-electron chi connectivity index (χ4n) is 2.59. The first-order valence-corrected chi connectivity index (χ1v) is 6.91. The molecule has 0 radical (unpaired) electrons. The van der Waals surface area contributed by atoms with Crippen LogP contribution in [-0.4, -0.2) is 49.3 Å². The molecule has 1 aromatic rings. The number of nitriles is 1. The molecule has 1 fully saturated rings. The van der Waals surface area contributed by atoms with Crippen molar-refractivity contribution in [3.63, 3.8) is 0 Å². The largest absolute Gasteiger partial charge is 0.382 e. The monoisotopic (exact) mass is 288 g/mol. The van der Waals surface area contributed by atoms with Crippen molar-refractivity contribution in [3.05, 3.63) is 35.4 Å². The van der Waals surface area contributed by atoms with Gasteiger partial charge in [0.25, 0.3) is 5.91 Å². The molecule has 0 aliphatic carbocycles. The Hall–Kier alpha value is -1.90. The Morgan fingerprint density at radius 3 is 2.71 bits per heavy atom. The van der Waals surface area contributed by atoms with Crippen LogP contribution in [0.2, 0.25) is 0 Å². The summed E-state index contributed by atoms with van der Waals surface area (Å²) in [4.78, 5) is 14.4. The van der Waals surface area contributed by atoms with E-state index in [4.69, 9.17) is 14.7 Å². The van der Waals surface area contributed by atoms with Gasteiger partial charge in [-0.15, -0.1) is 0 Å². The van der Waals surface area contributed by atoms with Crippen molar-refractivity contribution < 1.29 is 14.3 Å². The topological polar surface area (TPSA) is 62.6 Å². The summed E-state index contributed by atoms with van der Waals surface area (Å²) in [7, 11) is 1.62. The van der Waals surface area contributed by atoms with E-state index in [0.29, 0.717) is 30.8 Å². The summed E-state index contributed by atoms with van der Waals surface area (Å²) in [6.45, 7) is 5.44. The van der Waals surface area contributed by atoms with Gasteiger partial charge in [-0.1, -0.05) is 0 Å². The van der Waals surface area contributed by atoms with Gasteiger partial charge in [-0.2, -0.15) is 5.26 Å². The third kappa shape index (κ3) is 3.81. The Morgan fingerprint density at radius 2 is 2.14 bits per heavy atom. The number of morpholine rings is 1. The summed E-state index contributed by atoms with van der Waals surface area (Å²) in [6, 6.07) is 8.74. The fraction of sp³-hybridized carbons (Fsp3) is 0.500. The number of methoxy groups -OCH3 is 1. The Bertz CT molecular complexity index is 546. The van der Waals surface area contributed by atoms with E-state index in [9.17, 15) is 4.79 Å². The summed E-state index contributed by atoms with van der Waals surface area (Å²) in [5.74, 6) is -0.0445. The second-order valence-corrected chi connectivity index (χ2v) is 5.83. The third-order valence-electron chi connectivity index (χ3n) is 3.38. The van der Waals surface area contributed by atoms with Crippen molar-refractivity contribution in [2.45, 2.75) is 25.6 Å². The molecule has 2 rings (SSSR count). The number of hydrogen-bond acceptors (Lipinski definition) is 4. The van der Waals surface area contributed by atoms with Crippen LogP contribution in [0.15, 0.2) is 24.3 Å². The first kappa shape index (κ1) is 15.5. The Kier molecular flexibility index (Phi) is 4.61. The first-order chi connectivity index (χ1) is 9.95. The first-order valence-electron chi connectivity index (χ1n) is 6.91. The number of carbonyl (C=O) groups excluding carboxylic acids is 1. The van der Waals surface area contributed by atoms with Crippen LogP contribution < -0.4 is 0 Å². The molecule has 1 aliphatic rings. The van der Waals surface area contributed by atoms with Gasteiger partial charge in [-0.25, -0.2) is 0 Å². The minimum absolute atomic E-state index is 0.0445. The zero-order valence-electron chi connectivity index (χ0n) is 12.6. The normalized spacial score (nSPS) is 20.9. The fourth-order valence-corrected chi connectivity index (χ4v) is 2.59. The van der Waals surface area contributed by atoms with Crippen molar-refractivity contribution in [1.82, 2.24) is 4.90 Å². The number of ether oxygens (including phenoxy) is 2. The highest BCUT2D eigenvalue weighted by atomic mass is 16.5. The number of benzene rings is 1. The molecule has 0 aromatic heterocycles. The van der Waals surface area contributed by atoms with Crippen LogP contribution in [0, 0.1) is 11.3 Å². The van der Waals surface area contributed by atoms with Crippen molar-refractivity contribution in [2.75, 3.05) is 26.8 Å². The Labute approximate surface area is 125 Å². The molecule has 1 aromatic carbocycles. The molecular formula is C16H20N2O3. The lowest BCUT2D eigenvalue weighted by Gasteiger charge is -2.42. The lowest BCUT2D eigenvalue weighted by molar-refractivity contribution is -0.143. The summed E-state index contributed by atoms with van der Waals surface area (Å²) in [6.07, 6.45) is -0.124. The quantitative estimate of drug-likeness (QED) is 0.851. The van der Waals surface area contributed by atoms with E-state index < -0.39 is 5.60 Å². The molecular weight excluding hydrogens is 268 g/mol. The van der Waals surface area contributed by atoms with Gasteiger partial charge in [0, 0.05) is 25.8 Å². The zero-order chi connectivity index (χ0) is 15.5. The maximum absolute atomic E-state index is 12.6. The van der Waals surface area contributed by atoms with Crippen molar-refractivity contribution in [1.29, 1.82) is 5.26 Å². The van der Waals surface area contributed by atoms with Crippen LogP contribution in [0.4, 0.5) is 0 Å². The molecule has 5 heteroatoms. The van der Waals surface area contributed by atoms with Crippen LogP contribution in [0.3, 0.4) is 0 Å². The predicted molar refractivity (Wildman–Crippen MR) is 77.9 cm³/mol. The standard InChI is InChI=1S/C16H20N2O3/c1-16(2)11-18(9-14(21-16)10-20-3)15(19)13-6-4-12(8-17)5-7-13/h4-7,14H,9-11H2,1-3H3. The van der Waals surface area contributed by atoms with Crippen LogP contribution in [0.25, 0.3) is 0 Å². The second-order valence-electron chi connectivity index (χ2n) is 5.83. The molecule has 1 unspecified atom stereocenters. The number of carbonyl (C=O) groups is 1. The van der Waals surface area contributed by atoms with Crippen molar-refractivity contribution in [2.24, 2.45) is 0 Å². The van der Waals surface area contributed by atoms with Crippen LogP contribution in [0.5, 0.6) is 0 Å². The van der Waals surface area contributed by atoms with E-state index in [1.165, 1.54) is 0 Å². The van der Waals surface area contributed by atoms with E-state index in [0.717, 1.165) is 0 Å². The van der Waals surface area contributed by atoms with Crippen molar-refractivity contribution >= 4 is 5.91 Å². The second kappa shape index (κ2) is 6.25. The molecule has 21 heavy (non-hydrogen) atoms. The van der Waals surface area contributed by atoms with E-state index in [2.05, 4.69) is 0 Å².